The Balaban J connectivity index is 1.70. The summed E-state index contributed by atoms with van der Waals surface area (Å²) >= 11 is 0. The van der Waals surface area contributed by atoms with Gasteiger partial charge in [-0.3, -0.25) is 4.79 Å². The predicted octanol–water partition coefficient (Wildman–Crippen LogP) is 2.63. The number of ether oxygens (including phenoxy) is 2. The van der Waals surface area contributed by atoms with Crippen LogP contribution in [0.2, 0.25) is 0 Å². The molecule has 1 aliphatic rings. The highest BCUT2D eigenvalue weighted by molar-refractivity contribution is 5.95. The molecule has 2 rings (SSSR count). The summed E-state index contributed by atoms with van der Waals surface area (Å²) in [7, 11) is 1.60. The average Bonchev–Trinajstić information content (AvgIpc) is 3.21. The number of nitrogens with zero attached hydrogens (tertiary/aromatic N) is 1. The third kappa shape index (κ3) is 8.69. The van der Waals surface area contributed by atoms with E-state index in [1.165, 1.54) is 4.90 Å². The van der Waals surface area contributed by atoms with Crippen LogP contribution in [0.25, 0.3) is 0 Å². The van der Waals surface area contributed by atoms with Gasteiger partial charge in [-0.15, -0.1) is 0 Å². The molecule has 8 nitrogen and oxygen atoms in total. The van der Waals surface area contributed by atoms with Crippen LogP contribution in [0.3, 0.4) is 0 Å². The van der Waals surface area contributed by atoms with Crippen molar-refractivity contribution in [3.8, 4) is 0 Å². The molecule has 168 valence electrons. The van der Waals surface area contributed by atoms with Crippen LogP contribution in [0, 0.1) is 0 Å². The Bertz CT molecular complexity index is 659. The molecular formula is C22H35N3O5. The highest BCUT2D eigenvalue weighted by Crippen LogP contribution is 2.18. The first-order chi connectivity index (χ1) is 14.3. The van der Waals surface area contributed by atoms with Crippen molar-refractivity contribution >= 4 is 17.6 Å². The number of urea groups is 1. The first-order valence-electron chi connectivity index (χ1n) is 10.7. The number of nitrogens with one attached hydrogen (secondary N) is 2. The van der Waals surface area contributed by atoms with E-state index in [4.69, 9.17) is 9.47 Å². The molecule has 1 aliphatic carbocycles. The summed E-state index contributed by atoms with van der Waals surface area (Å²) in [6, 6.07) is 6.71. The van der Waals surface area contributed by atoms with E-state index < -0.39 is 6.10 Å². The fraction of sp³-hybridized carbons (Fsp3) is 0.636. The molecule has 0 spiro atoms. The van der Waals surface area contributed by atoms with E-state index in [1.54, 1.807) is 31.3 Å². The van der Waals surface area contributed by atoms with Crippen LogP contribution < -0.4 is 10.6 Å². The number of aliphatic hydroxyl groups excluding tert-OH is 1. The smallest absolute Gasteiger partial charge is 0.321 e. The van der Waals surface area contributed by atoms with E-state index in [2.05, 4.69) is 10.6 Å². The molecule has 0 aliphatic heterocycles. The molecule has 0 aromatic heterocycles. The maximum absolute atomic E-state index is 12.3. The normalized spacial score (nSPS) is 15.2. The summed E-state index contributed by atoms with van der Waals surface area (Å²) in [6.45, 7) is 5.02. The third-order valence-electron chi connectivity index (χ3n) is 4.91. The number of aliphatic hydroxyl groups is 1. The number of likely N-dealkylation sites (N-methyl/N-ethyl adjacent to an activating group) is 1. The number of benzene rings is 1. The SMILES string of the molecule is CC(C)OCCOCC(O)CN(C)C(=O)Nc1ccc(C(=O)NC2CCCC2)cc1. The highest BCUT2D eigenvalue weighted by atomic mass is 16.5. The lowest BCUT2D eigenvalue weighted by Crippen LogP contribution is -2.39. The molecule has 1 aromatic carbocycles. The molecule has 1 unspecified atom stereocenters. The second-order valence-electron chi connectivity index (χ2n) is 7.99. The summed E-state index contributed by atoms with van der Waals surface area (Å²) in [4.78, 5) is 26.0. The van der Waals surface area contributed by atoms with E-state index in [0.29, 0.717) is 24.5 Å². The third-order valence-corrected chi connectivity index (χ3v) is 4.91. The molecule has 8 heteroatoms. The standard InChI is InChI=1S/C22H35N3O5/c1-16(2)30-13-12-29-15-20(26)14-25(3)22(28)24-19-10-8-17(9-11-19)21(27)23-18-6-4-5-7-18/h8-11,16,18,20,26H,4-7,12-15H2,1-3H3,(H,23,27)(H,24,28). The van der Waals surface area contributed by atoms with Crippen molar-refractivity contribution in [1.82, 2.24) is 10.2 Å². The van der Waals surface area contributed by atoms with Gasteiger partial charge in [0.25, 0.3) is 5.91 Å². The minimum atomic E-state index is -0.790. The predicted molar refractivity (Wildman–Crippen MR) is 116 cm³/mol. The van der Waals surface area contributed by atoms with Crippen LogP contribution in [0.5, 0.6) is 0 Å². The molecule has 0 radical (unpaired) electrons. The largest absolute Gasteiger partial charge is 0.389 e. The van der Waals surface area contributed by atoms with E-state index >= 15 is 0 Å². The monoisotopic (exact) mass is 421 g/mol. The van der Waals surface area contributed by atoms with Crippen molar-refractivity contribution in [2.75, 3.05) is 38.7 Å². The van der Waals surface area contributed by atoms with Crippen LogP contribution in [-0.2, 0) is 9.47 Å². The summed E-state index contributed by atoms with van der Waals surface area (Å²) < 4.78 is 10.7. The molecule has 1 saturated carbocycles. The lowest BCUT2D eigenvalue weighted by Gasteiger charge is -2.21. The number of rotatable bonds is 11. The van der Waals surface area contributed by atoms with Gasteiger partial charge < -0.3 is 30.1 Å². The number of hydrogen-bond donors (Lipinski definition) is 3. The summed E-state index contributed by atoms with van der Waals surface area (Å²) in [5.41, 5.74) is 1.16. The van der Waals surface area contributed by atoms with Crippen LogP contribution >= 0.6 is 0 Å². The van der Waals surface area contributed by atoms with E-state index in [0.717, 1.165) is 25.7 Å². The molecule has 0 bridgehead atoms. The second kappa shape index (κ2) is 12.5. The fourth-order valence-electron chi connectivity index (χ4n) is 3.28. The van der Waals surface area contributed by atoms with E-state index in [9.17, 15) is 14.7 Å². The molecule has 1 fully saturated rings. The first-order valence-corrected chi connectivity index (χ1v) is 10.7. The summed E-state index contributed by atoms with van der Waals surface area (Å²) in [6.07, 6.45) is 3.75. The van der Waals surface area contributed by atoms with Gasteiger partial charge in [0.15, 0.2) is 0 Å². The van der Waals surface area contributed by atoms with Crippen LogP contribution in [-0.4, -0.2) is 73.6 Å². The number of anilines is 1. The molecule has 1 atom stereocenters. The van der Waals surface area contributed by atoms with Gasteiger partial charge in [-0.1, -0.05) is 12.8 Å². The summed E-state index contributed by atoms with van der Waals surface area (Å²) in [5.74, 6) is -0.0844. The molecular weight excluding hydrogens is 386 g/mol. The van der Waals surface area contributed by atoms with Crippen molar-refractivity contribution in [2.45, 2.75) is 57.8 Å². The minimum absolute atomic E-state index is 0.0844. The number of carbonyl (C=O) groups is 2. The Labute approximate surface area is 178 Å². The molecule has 0 heterocycles. The van der Waals surface area contributed by atoms with E-state index in [1.807, 2.05) is 13.8 Å². The van der Waals surface area contributed by atoms with Gasteiger partial charge in [0.05, 0.1) is 38.6 Å². The summed E-state index contributed by atoms with van der Waals surface area (Å²) in [5, 5.41) is 15.8. The molecule has 0 saturated heterocycles. The maximum atomic E-state index is 12.3. The van der Waals surface area contributed by atoms with Gasteiger partial charge in [0, 0.05) is 24.3 Å². The van der Waals surface area contributed by atoms with Gasteiger partial charge in [-0.25, -0.2) is 4.79 Å². The highest BCUT2D eigenvalue weighted by Gasteiger charge is 2.18. The zero-order valence-electron chi connectivity index (χ0n) is 18.2. The number of carbonyl (C=O) groups excluding carboxylic acids is 2. The van der Waals surface area contributed by atoms with Crippen LogP contribution in [0.4, 0.5) is 10.5 Å². The van der Waals surface area contributed by atoms with Gasteiger partial charge in [-0.05, 0) is 51.0 Å². The van der Waals surface area contributed by atoms with Gasteiger partial charge in [-0.2, -0.15) is 0 Å². The Morgan fingerprint density at radius 3 is 2.47 bits per heavy atom. The Hall–Kier alpha value is -2.16. The Kier molecular flexibility index (Phi) is 10.1. The first kappa shape index (κ1) is 24.1. The lowest BCUT2D eigenvalue weighted by atomic mass is 10.1. The van der Waals surface area contributed by atoms with Crippen LogP contribution in [0.15, 0.2) is 24.3 Å². The van der Waals surface area contributed by atoms with Crippen molar-refractivity contribution in [2.24, 2.45) is 0 Å². The molecule has 3 amide bonds. The van der Waals surface area contributed by atoms with Gasteiger partial charge in [0.1, 0.15) is 0 Å². The topological polar surface area (TPSA) is 100 Å². The molecule has 1 aromatic rings. The number of amides is 3. The minimum Gasteiger partial charge on any atom is -0.389 e. The van der Waals surface area contributed by atoms with E-state index in [-0.39, 0.29) is 37.2 Å². The van der Waals surface area contributed by atoms with Crippen molar-refractivity contribution in [1.29, 1.82) is 0 Å². The van der Waals surface area contributed by atoms with Crippen molar-refractivity contribution in [3.63, 3.8) is 0 Å². The lowest BCUT2D eigenvalue weighted by molar-refractivity contribution is -0.0144. The Morgan fingerprint density at radius 2 is 1.83 bits per heavy atom. The molecule has 30 heavy (non-hydrogen) atoms. The van der Waals surface area contributed by atoms with Gasteiger partial charge >= 0.3 is 6.03 Å². The fourth-order valence-corrected chi connectivity index (χ4v) is 3.28. The zero-order valence-corrected chi connectivity index (χ0v) is 18.2. The van der Waals surface area contributed by atoms with Crippen molar-refractivity contribution < 1.29 is 24.2 Å². The number of hydrogen-bond acceptors (Lipinski definition) is 5. The zero-order chi connectivity index (χ0) is 21.9. The Morgan fingerprint density at radius 1 is 1.17 bits per heavy atom. The quantitative estimate of drug-likeness (QED) is 0.477. The molecule has 3 N–H and O–H groups in total. The second-order valence-corrected chi connectivity index (χ2v) is 7.99. The van der Waals surface area contributed by atoms with Crippen molar-refractivity contribution in [3.05, 3.63) is 29.8 Å². The maximum Gasteiger partial charge on any atom is 0.321 e. The van der Waals surface area contributed by atoms with Crippen LogP contribution in [0.1, 0.15) is 49.9 Å². The van der Waals surface area contributed by atoms with Gasteiger partial charge in [0.2, 0.25) is 0 Å². The average molecular weight is 422 g/mol.